The number of halogens is 2. The Morgan fingerprint density at radius 1 is 1.00 bits per heavy atom. The molecule has 0 radical (unpaired) electrons. The third-order valence-corrected chi connectivity index (χ3v) is 7.08. The third kappa shape index (κ3) is 4.04. The molecule has 2 aliphatic rings. The van der Waals surface area contributed by atoms with E-state index in [2.05, 4.69) is 9.88 Å². The Balaban J connectivity index is 1.33. The van der Waals surface area contributed by atoms with E-state index < -0.39 is 6.04 Å². The second-order valence-corrected chi connectivity index (χ2v) is 9.73. The van der Waals surface area contributed by atoms with E-state index in [1.807, 2.05) is 54.7 Å². The minimum Gasteiger partial charge on any atom is -0.467 e. The second kappa shape index (κ2) is 9.08. The standard InChI is InChI=1S/C27H22Cl2N4O3/c28-17-9-12-20(19(29)15-17)30-27(35)32(18-10-11-18)16-25(34)33-22-6-2-1-5-21(22)31-13-3-7-23(31)26(33)24-8-4-14-36-24/h1-9,12-15,18,26H,10-11,16H2,(H,30,35). The van der Waals surface area contributed by atoms with E-state index in [-0.39, 0.29) is 24.5 Å². The number of fused-ring (bicyclic) bond motifs is 3. The average molecular weight is 521 g/mol. The number of para-hydroxylation sites is 2. The fourth-order valence-corrected chi connectivity index (χ4v) is 5.19. The number of anilines is 2. The number of carbonyl (C=O) groups is 2. The molecular weight excluding hydrogens is 499 g/mol. The van der Waals surface area contributed by atoms with Crippen LogP contribution in [0, 0.1) is 0 Å². The number of benzene rings is 2. The van der Waals surface area contributed by atoms with Gasteiger partial charge in [0.15, 0.2) is 0 Å². The number of carbonyl (C=O) groups excluding carboxylic acids is 2. The molecule has 4 aromatic rings. The summed E-state index contributed by atoms with van der Waals surface area (Å²) in [5.74, 6) is 0.439. The van der Waals surface area contributed by atoms with Crippen molar-refractivity contribution in [3.05, 3.63) is 101 Å². The van der Waals surface area contributed by atoms with Crippen LogP contribution < -0.4 is 10.2 Å². The van der Waals surface area contributed by atoms with Crippen LogP contribution in [0.1, 0.15) is 30.3 Å². The largest absolute Gasteiger partial charge is 0.467 e. The van der Waals surface area contributed by atoms with Gasteiger partial charge in [0.2, 0.25) is 5.91 Å². The summed E-state index contributed by atoms with van der Waals surface area (Å²) in [5.41, 5.74) is 3.00. The van der Waals surface area contributed by atoms with E-state index in [9.17, 15) is 9.59 Å². The molecule has 3 amide bonds. The molecule has 1 aliphatic carbocycles. The molecule has 2 aromatic carbocycles. The Morgan fingerprint density at radius 3 is 2.53 bits per heavy atom. The molecule has 3 heterocycles. The summed E-state index contributed by atoms with van der Waals surface area (Å²) >= 11 is 12.3. The summed E-state index contributed by atoms with van der Waals surface area (Å²) in [6, 6.07) is 19.4. The molecule has 0 bridgehead atoms. The molecule has 6 rings (SSSR count). The van der Waals surface area contributed by atoms with Gasteiger partial charge in [0.05, 0.1) is 34.0 Å². The van der Waals surface area contributed by atoms with Gasteiger partial charge < -0.3 is 19.2 Å². The Morgan fingerprint density at radius 2 is 1.81 bits per heavy atom. The number of nitrogens with one attached hydrogen (secondary N) is 1. The minimum absolute atomic E-state index is 0.00835. The molecule has 36 heavy (non-hydrogen) atoms. The Labute approximate surface area is 217 Å². The van der Waals surface area contributed by atoms with Crippen molar-refractivity contribution < 1.29 is 14.0 Å². The third-order valence-electron chi connectivity index (χ3n) is 6.53. The predicted molar refractivity (Wildman–Crippen MR) is 139 cm³/mol. The van der Waals surface area contributed by atoms with Gasteiger partial charge in [-0.25, -0.2) is 4.79 Å². The number of urea groups is 1. The maximum atomic E-state index is 14.0. The topological polar surface area (TPSA) is 70.7 Å². The highest BCUT2D eigenvalue weighted by molar-refractivity contribution is 6.36. The van der Waals surface area contributed by atoms with Gasteiger partial charge in [-0.05, 0) is 67.4 Å². The lowest BCUT2D eigenvalue weighted by Gasteiger charge is -2.38. The SMILES string of the molecule is O=C(Nc1ccc(Cl)cc1Cl)N(CC(=O)N1c2ccccc2-n2cccc2C1c1ccco1)C1CC1. The monoisotopic (exact) mass is 520 g/mol. The first-order valence-corrected chi connectivity index (χ1v) is 12.4. The number of rotatable bonds is 5. The molecule has 0 spiro atoms. The number of hydrogen-bond acceptors (Lipinski definition) is 3. The van der Waals surface area contributed by atoms with E-state index in [1.165, 1.54) is 0 Å². The summed E-state index contributed by atoms with van der Waals surface area (Å²) in [4.78, 5) is 30.6. The molecule has 1 aliphatic heterocycles. The van der Waals surface area contributed by atoms with Gasteiger partial charge in [0.1, 0.15) is 18.3 Å². The van der Waals surface area contributed by atoms with Crippen molar-refractivity contribution in [3.8, 4) is 5.69 Å². The summed E-state index contributed by atoms with van der Waals surface area (Å²) in [7, 11) is 0. The van der Waals surface area contributed by atoms with Crippen LogP contribution >= 0.6 is 23.2 Å². The first kappa shape index (κ1) is 22.8. The van der Waals surface area contributed by atoms with Crippen molar-refractivity contribution in [2.45, 2.75) is 24.9 Å². The van der Waals surface area contributed by atoms with Gasteiger partial charge in [0.25, 0.3) is 0 Å². The van der Waals surface area contributed by atoms with Gasteiger partial charge in [-0.1, -0.05) is 35.3 Å². The quantitative estimate of drug-likeness (QED) is 0.326. The smallest absolute Gasteiger partial charge is 0.322 e. The zero-order valence-electron chi connectivity index (χ0n) is 19.1. The summed E-state index contributed by atoms with van der Waals surface area (Å²) < 4.78 is 7.85. The summed E-state index contributed by atoms with van der Waals surface area (Å²) in [6.45, 7) is -0.0893. The van der Waals surface area contributed by atoms with Crippen molar-refractivity contribution in [1.82, 2.24) is 9.47 Å². The first-order chi connectivity index (χ1) is 17.5. The van der Waals surface area contributed by atoms with Crippen LogP contribution in [-0.4, -0.2) is 34.0 Å². The van der Waals surface area contributed by atoms with Crippen LogP contribution in [0.5, 0.6) is 0 Å². The molecule has 1 saturated carbocycles. The lowest BCUT2D eigenvalue weighted by molar-refractivity contribution is -0.119. The van der Waals surface area contributed by atoms with Crippen molar-refractivity contribution in [2.75, 3.05) is 16.8 Å². The summed E-state index contributed by atoms with van der Waals surface area (Å²) in [6.07, 6.45) is 5.27. The Kier molecular flexibility index (Phi) is 5.74. The van der Waals surface area contributed by atoms with Crippen molar-refractivity contribution >= 4 is 46.5 Å². The van der Waals surface area contributed by atoms with E-state index in [0.717, 1.165) is 29.9 Å². The van der Waals surface area contributed by atoms with Gasteiger partial charge in [-0.3, -0.25) is 9.69 Å². The number of hydrogen-bond donors (Lipinski definition) is 1. The van der Waals surface area contributed by atoms with Gasteiger partial charge in [0, 0.05) is 17.3 Å². The molecule has 0 saturated heterocycles. The second-order valence-electron chi connectivity index (χ2n) is 8.89. The average Bonchev–Trinajstić information content (AvgIpc) is 3.34. The summed E-state index contributed by atoms with van der Waals surface area (Å²) in [5, 5.41) is 3.65. The number of aromatic nitrogens is 1. The van der Waals surface area contributed by atoms with Crippen LogP contribution in [0.3, 0.4) is 0 Å². The van der Waals surface area contributed by atoms with Crippen molar-refractivity contribution in [2.24, 2.45) is 0 Å². The van der Waals surface area contributed by atoms with E-state index in [1.54, 1.807) is 34.3 Å². The number of nitrogens with zero attached hydrogens (tertiary/aromatic N) is 3. The molecule has 1 atom stereocenters. The van der Waals surface area contributed by atoms with Gasteiger partial charge in [-0.2, -0.15) is 0 Å². The molecule has 1 fully saturated rings. The molecule has 7 nitrogen and oxygen atoms in total. The fraction of sp³-hybridized carbons (Fsp3) is 0.185. The first-order valence-electron chi connectivity index (χ1n) is 11.7. The maximum Gasteiger partial charge on any atom is 0.322 e. The molecular formula is C27H22Cl2N4O3. The minimum atomic E-state index is -0.466. The highest BCUT2D eigenvalue weighted by atomic mass is 35.5. The maximum absolute atomic E-state index is 14.0. The number of furan rings is 1. The lowest BCUT2D eigenvalue weighted by atomic mass is 10.0. The van der Waals surface area contributed by atoms with Crippen molar-refractivity contribution in [1.29, 1.82) is 0 Å². The highest BCUT2D eigenvalue weighted by Gasteiger charge is 2.41. The zero-order valence-corrected chi connectivity index (χ0v) is 20.6. The molecule has 1 unspecified atom stereocenters. The Hall–Kier alpha value is -3.68. The van der Waals surface area contributed by atoms with Crippen LogP contribution in [-0.2, 0) is 4.79 Å². The van der Waals surface area contributed by atoms with Gasteiger partial charge >= 0.3 is 6.03 Å². The van der Waals surface area contributed by atoms with E-state index in [0.29, 0.717) is 21.5 Å². The van der Waals surface area contributed by atoms with Crippen molar-refractivity contribution in [3.63, 3.8) is 0 Å². The predicted octanol–water partition coefficient (Wildman–Crippen LogP) is 6.51. The van der Waals surface area contributed by atoms with E-state index in [4.69, 9.17) is 27.6 Å². The highest BCUT2D eigenvalue weighted by Crippen LogP contribution is 2.42. The Bertz CT molecular complexity index is 1440. The molecule has 182 valence electrons. The molecule has 1 N–H and O–H groups in total. The molecule has 2 aromatic heterocycles. The van der Waals surface area contributed by atoms with Crippen LogP contribution in [0.15, 0.2) is 83.6 Å². The lowest BCUT2D eigenvalue weighted by Crippen LogP contribution is -2.48. The fourth-order valence-electron chi connectivity index (χ4n) is 4.73. The number of amides is 3. The molecule has 9 heteroatoms. The van der Waals surface area contributed by atoms with Gasteiger partial charge in [-0.15, -0.1) is 0 Å². The van der Waals surface area contributed by atoms with E-state index >= 15 is 0 Å². The van der Waals surface area contributed by atoms with Crippen LogP contribution in [0.4, 0.5) is 16.2 Å². The van der Waals surface area contributed by atoms with Crippen LogP contribution in [0.2, 0.25) is 10.0 Å². The zero-order chi connectivity index (χ0) is 24.8. The normalized spacial score (nSPS) is 16.3. The van der Waals surface area contributed by atoms with Crippen LogP contribution in [0.25, 0.3) is 5.69 Å².